The average Bonchev–Trinajstić information content (AvgIpc) is 3.03. The molecule has 0 spiro atoms. The number of aromatic nitrogens is 1. The highest BCUT2D eigenvalue weighted by molar-refractivity contribution is 7.16. The number of rotatable bonds is 3. The van der Waals surface area contributed by atoms with Crippen molar-refractivity contribution < 1.29 is 9.18 Å². The Labute approximate surface area is 130 Å². The summed E-state index contributed by atoms with van der Waals surface area (Å²) in [4.78, 5) is 18.0. The predicted molar refractivity (Wildman–Crippen MR) is 83.4 cm³/mol. The quantitative estimate of drug-likeness (QED) is 0.767. The Morgan fingerprint density at radius 2 is 2.14 bits per heavy atom. The number of hydrogen-bond acceptors (Lipinski definition) is 2. The van der Waals surface area contributed by atoms with Crippen molar-refractivity contribution in [3.8, 4) is 0 Å². The molecule has 21 heavy (non-hydrogen) atoms. The second-order valence-electron chi connectivity index (χ2n) is 4.78. The molecule has 3 aromatic rings. The van der Waals surface area contributed by atoms with E-state index in [1.807, 2.05) is 12.1 Å². The van der Waals surface area contributed by atoms with Crippen molar-refractivity contribution in [3.05, 3.63) is 57.1 Å². The number of hydrogen-bond donors (Lipinski definition) is 1. The van der Waals surface area contributed by atoms with E-state index < -0.39 is 0 Å². The molecule has 0 saturated carbocycles. The largest absolute Gasteiger partial charge is 0.351 e. The van der Waals surface area contributed by atoms with E-state index in [1.165, 1.54) is 23.5 Å². The molecule has 1 N–H and O–H groups in total. The van der Waals surface area contributed by atoms with Crippen molar-refractivity contribution in [2.24, 2.45) is 0 Å². The molecule has 3 rings (SSSR count). The molecule has 0 aliphatic heterocycles. The van der Waals surface area contributed by atoms with Gasteiger partial charge in [-0.2, -0.15) is 0 Å². The van der Waals surface area contributed by atoms with Gasteiger partial charge in [0.2, 0.25) is 0 Å². The maximum Gasteiger partial charge on any atom is 0.270 e. The van der Waals surface area contributed by atoms with Gasteiger partial charge in [-0.25, -0.2) is 4.39 Å². The van der Waals surface area contributed by atoms with E-state index in [0.717, 1.165) is 10.4 Å². The van der Waals surface area contributed by atoms with Gasteiger partial charge in [-0.15, -0.1) is 11.3 Å². The molecule has 1 amide bonds. The number of carbonyl (C=O) groups is 1. The van der Waals surface area contributed by atoms with Crippen molar-refractivity contribution >= 4 is 39.7 Å². The highest BCUT2D eigenvalue weighted by Crippen LogP contribution is 2.23. The van der Waals surface area contributed by atoms with Crippen molar-refractivity contribution in [2.45, 2.75) is 6.54 Å². The van der Waals surface area contributed by atoms with E-state index in [-0.39, 0.29) is 11.7 Å². The van der Waals surface area contributed by atoms with Gasteiger partial charge in [-0.3, -0.25) is 4.79 Å². The molecular weight excluding hydrogens is 311 g/mol. The minimum Gasteiger partial charge on any atom is -0.351 e. The van der Waals surface area contributed by atoms with Crippen LogP contribution in [0.4, 0.5) is 4.39 Å². The summed E-state index contributed by atoms with van der Waals surface area (Å²) >= 11 is 7.33. The number of fused-ring (bicyclic) bond motifs is 1. The first-order valence-electron chi connectivity index (χ1n) is 6.31. The lowest BCUT2D eigenvalue weighted by Crippen LogP contribution is -2.26. The van der Waals surface area contributed by atoms with Crippen LogP contribution < -0.4 is 0 Å². The summed E-state index contributed by atoms with van der Waals surface area (Å²) in [5.74, 6) is -0.460. The maximum absolute atomic E-state index is 13.2. The standard InChI is InChI=1S/C15H12ClFN2OS/c1-19(8-11-3-5-14(16)21-11)15(20)13-7-9-6-10(17)2-4-12(9)18-13/h2-7,18H,8H2,1H3. The molecule has 6 heteroatoms. The zero-order valence-electron chi connectivity index (χ0n) is 11.2. The van der Waals surface area contributed by atoms with Gasteiger partial charge in [0.1, 0.15) is 11.5 Å². The van der Waals surface area contributed by atoms with Crippen molar-refractivity contribution in [3.63, 3.8) is 0 Å². The van der Waals surface area contributed by atoms with Crippen LogP contribution >= 0.6 is 22.9 Å². The summed E-state index contributed by atoms with van der Waals surface area (Å²) in [7, 11) is 1.72. The van der Waals surface area contributed by atoms with Gasteiger partial charge in [0, 0.05) is 22.8 Å². The fourth-order valence-electron chi connectivity index (χ4n) is 2.17. The first-order chi connectivity index (χ1) is 10.0. The third-order valence-corrected chi connectivity index (χ3v) is 4.40. The molecule has 0 aliphatic carbocycles. The van der Waals surface area contributed by atoms with Crippen molar-refractivity contribution in [2.75, 3.05) is 7.05 Å². The Bertz CT molecular complexity index is 811. The van der Waals surface area contributed by atoms with Gasteiger partial charge < -0.3 is 9.88 Å². The lowest BCUT2D eigenvalue weighted by atomic mass is 10.2. The summed E-state index contributed by atoms with van der Waals surface area (Å²) in [6, 6.07) is 9.77. The number of halogens is 2. The second-order valence-corrected chi connectivity index (χ2v) is 6.58. The number of thiophene rings is 1. The van der Waals surface area contributed by atoms with Crippen LogP contribution in [0.5, 0.6) is 0 Å². The van der Waals surface area contributed by atoms with Crippen LogP contribution in [0.2, 0.25) is 4.34 Å². The Hall–Kier alpha value is -1.85. The molecular formula is C15H12ClFN2OS. The number of benzene rings is 1. The van der Waals surface area contributed by atoms with E-state index in [2.05, 4.69) is 4.98 Å². The molecule has 0 unspecified atom stereocenters. The zero-order valence-corrected chi connectivity index (χ0v) is 12.8. The fourth-order valence-corrected chi connectivity index (χ4v) is 3.31. The Morgan fingerprint density at radius 3 is 2.86 bits per heavy atom. The van der Waals surface area contributed by atoms with Gasteiger partial charge in [0.25, 0.3) is 5.91 Å². The van der Waals surface area contributed by atoms with Crippen LogP contribution in [-0.4, -0.2) is 22.8 Å². The molecule has 0 saturated heterocycles. The minimum atomic E-state index is -0.318. The van der Waals surface area contributed by atoms with Gasteiger partial charge in [-0.05, 0) is 36.4 Å². The summed E-state index contributed by atoms with van der Waals surface area (Å²) in [5.41, 5.74) is 1.19. The molecule has 3 nitrogen and oxygen atoms in total. The Kier molecular flexibility index (Phi) is 3.69. The van der Waals surface area contributed by atoms with Gasteiger partial charge in [0.05, 0.1) is 10.9 Å². The number of carbonyl (C=O) groups excluding carboxylic acids is 1. The summed E-state index contributed by atoms with van der Waals surface area (Å²) in [6.45, 7) is 0.486. The second kappa shape index (κ2) is 5.50. The number of nitrogens with zero attached hydrogens (tertiary/aromatic N) is 1. The van der Waals surface area contributed by atoms with E-state index >= 15 is 0 Å². The highest BCUT2D eigenvalue weighted by Gasteiger charge is 2.15. The van der Waals surface area contributed by atoms with Crippen molar-refractivity contribution in [1.82, 2.24) is 9.88 Å². The Balaban J connectivity index is 1.82. The molecule has 0 radical (unpaired) electrons. The molecule has 108 valence electrons. The molecule has 0 fully saturated rings. The van der Waals surface area contributed by atoms with E-state index in [0.29, 0.717) is 22.0 Å². The third-order valence-electron chi connectivity index (χ3n) is 3.18. The average molecular weight is 323 g/mol. The SMILES string of the molecule is CN(Cc1ccc(Cl)s1)C(=O)c1cc2cc(F)ccc2[nH]1. The van der Waals surface area contributed by atoms with Crippen LogP contribution in [0.25, 0.3) is 10.9 Å². The number of nitrogens with one attached hydrogen (secondary N) is 1. The van der Waals surface area contributed by atoms with E-state index in [4.69, 9.17) is 11.6 Å². The highest BCUT2D eigenvalue weighted by atomic mass is 35.5. The molecule has 1 aromatic carbocycles. The minimum absolute atomic E-state index is 0.142. The number of H-pyrrole nitrogens is 1. The van der Waals surface area contributed by atoms with Gasteiger partial charge in [-0.1, -0.05) is 11.6 Å². The molecule has 0 bridgehead atoms. The van der Waals surface area contributed by atoms with E-state index in [1.54, 1.807) is 24.1 Å². The van der Waals surface area contributed by atoms with Crippen molar-refractivity contribution in [1.29, 1.82) is 0 Å². The summed E-state index contributed by atoms with van der Waals surface area (Å²) in [6.07, 6.45) is 0. The lowest BCUT2D eigenvalue weighted by Gasteiger charge is -2.14. The van der Waals surface area contributed by atoms with Crippen LogP contribution in [-0.2, 0) is 6.54 Å². The summed E-state index contributed by atoms with van der Waals surface area (Å²) < 4.78 is 13.9. The predicted octanol–water partition coefficient (Wildman–Crippen LogP) is 4.29. The van der Waals surface area contributed by atoms with Crippen LogP contribution in [0.15, 0.2) is 36.4 Å². The zero-order chi connectivity index (χ0) is 15.0. The van der Waals surface area contributed by atoms with Crippen LogP contribution in [0.1, 0.15) is 15.4 Å². The molecule has 0 atom stereocenters. The monoisotopic (exact) mass is 322 g/mol. The lowest BCUT2D eigenvalue weighted by molar-refractivity contribution is 0.0781. The first-order valence-corrected chi connectivity index (χ1v) is 7.50. The van der Waals surface area contributed by atoms with Gasteiger partial charge >= 0.3 is 0 Å². The molecule has 2 heterocycles. The normalized spacial score (nSPS) is 11.0. The third kappa shape index (κ3) is 2.94. The Morgan fingerprint density at radius 1 is 1.33 bits per heavy atom. The molecule has 2 aromatic heterocycles. The van der Waals surface area contributed by atoms with E-state index in [9.17, 15) is 9.18 Å². The van der Waals surface area contributed by atoms with Crippen LogP contribution in [0, 0.1) is 5.82 Å². The molecule has 0 aliphatic rings. The number of amides is 1. The summed E-state index contributed by atoms with van der Waals surface area (Å²) in [5, 5.41) is 0.686. The maximum atomic E-state index is 13.2. The first kappa shape index (κ1) is 14.1. The smallest absolute Gasteiger partial charge is 0.270 e. The van der Waals surface area contributed by atoms with Gasteiger partial charge in [0.15, 0.2) is 0 Å². The van der Waals surface area contributed by atoms with Crippen LogP contribution in [0.3, 0.4) is 0 Å². The fraction of sp³-hybridized carbons (Fsp3) is 0.133. The topological polar surface area (TPSA) is 36.1 Å². The number of aromatic amines is 1.